The van der Waals surface area contributed by atoms with Crippen LogP contribution in [0.1, 0.15) is 62.5 Å². The Balaban J connectivity index is 1.58. The Labute approximate surface area is 247 Å². The van der Waals surface area contributed by atoms with Crippen LogP contribution < -0.4 is 21.3 Å². The Bertz CT molecular complexity index is 1230. The lowest BCUT2D eigenvalue weighted by Gasteiger charge is -2.16. The number of carbonyl (C=O) groups excluding carboxylic acids is 4. The van der Waals surface area contributed by atoms with Crippen LogP contribution in [0.25, 0.3) is 11.1 Å². The smallest absolute Gasteiger partial charge is 0.406 e. The zero-order valence-corrected chi connectivity index (χ0v) is 24.7. The third kappa shape index (κ3) is 9.85. The molecule has 0 spiro atoms. The lowest BCUT2D eigenvalue weighted by Crippen LogP contribution is -2.27. The van der Waals surface area contributed by atoms with Crippen LogP contribution in [0, 0.1) is 0 Å². The van der Waals surface area contributed by atoms with Crippen molar-refractivity contribution in [2.24, 2.45) is 0 Å². The molecule has 4 N–H and O–H groups in total. The van der Waals surface area contributed by atoms with E-state index >= 15 is 0 Å². The molecule has 0 heterocycles. The van der Waals surface area contributed by atoms with Gasteiger partial charge in [-0.05, 0) is 65.8 Å². The van der Waals surface area contributed by atoms with Gasteiger partial charge in [0.1, 0.15) is 6.61 Å². The maximum atomic E-state index is 12.6. The number of hydrogen-bond acceptors (Lipinski definition) is 7. The summed E-state index contributed by atoms with van der Waals surface area (Å²) in [5.74, 6) is -0.655. The summed E-state index contributed by atoms with van der Waals surface area (Å²) in [7, 11) is 3.14. The molecular formula is C31H42N4O7. The van der Waals surface area contributed by atoms with Crippen LogP contribution in [0.2, 0.25) is 0 Å². The van der Waals surface area contributed by atoms with Crippen LogP contribution in [0.15, 0.2) is 36.4 Å². The fraction of sp³-hybridized carbons (Fsp3) is 0.484. The first-order valence-electron chi connectivity index (χ1n) is 14.4. The molecule has 0 saturated heterocycles. The van der Waals surface area contributed by atoms with Gasteiger partial charge in [0.25, 0.3) is 0 Å². The van der Waals surface area contributed by atoms with E-state index in [1.807, 2.05) is 43.3 Å². The highest BCUT2D eigenvalue weighted by molar-refractivity contribution is 5.94. The van der Waals surface area contributed by atoms with E-state index in [1.54, 1.807) is 7.11 Å². The van der Waals surface area contributed by atoms with Gasteiger partial charge in [-0.1, -0.05) is 19.1 Å². The van der Waals surface area contributed by atoms with Gasteiger partial charge in [-0.3, -0.25) is 14.4 Å². The summed E-state index contributed by atoms with van der Waals surface area (Å²) >= 11 is 0. The molecule has 0 saturated carbocycles. The number of hydrogen-bond donors (Lipinski definition) is 4. The minimum absolute atomic E-state index is 0.0589. The van der Waals surface area contributed by atoms with Gasteiger partial charge in [0.15, 0.2) is 0 Å². The highest BCUT2D eigenvalue weighted by atomic mass is 16.5. The summed E-state index contributed by atoms with van der Waals surface area (Å²) in [5.41, 5.74) is 5.08. The summed E-state index contributed by atoms with van der Waals surface area (Å²) in [6, 6.07) is 11.4. The number of anilines is 2. The second kappa shape index (κ2) is 17.1. The number of alkyl carbamates (subject to hydrolysis) is 1. The van der Waals surface area contributed by atoms with Gasteiger partial charge >= 0.3 is 6.09 Å². The molecule has 4 amide bonds. The summed E-state index contributed by atoms with van der Waals surface area (Å²) in [6.45, 7) is 4.12. The number of methoxy groups -OCH3 is 1. The van der Waals surface area contributed by atoms with Crippen molar-refractivity contribution in [2.45, 2.75) is 51.4 Å². The maximum absolute atomic E-state index is 12.6. The largest absolute Gasteiger partial charge is 0.449 e. The van der Waals surface area contributed by atoms with Crippen molar-refractivity contribution < 1.29 is 33.4 Å². The number of nitrogens with one attached hydrogen (secondary N) is 4. The first-order chi connectivity index (χ1) is 20.4. The normalized spacial score (nSPS) is 13.1. The zero-order chi connectivity index (χ0) is 30.3. The molecule has 42 heavy (non-hydrogen) atoms. The second-order valence-electron chi connectivity index (χ2n) is 10.0. The summed E-state index contributed by atoms with van der Waals surface area (Å²) in [6.07, 6.45) is 2.30. The number of benzene rings is 2. The molecule has 1 unspecified atom stereocenters. The maximum Gasteiger partial charge on any atom is 0.406 e. The second-order valence-corrected chi connectivity index (χ2v) is 10.0. The quantitative estimate of drug-likeness (QED) is 0.205. The number of ether oxygens (including phenoxy) is 3. The molecule has 1 aliphatic carbocycles. The van der Waals surface area contributed by atoms with Crippen molar-refractivity contribution in [3.8, 4) is 11.1 Å². The number of carbonyl (C=O) groups is 4. The molecule has 0 bridgehead atoms. The lowest BCUT2D eigenvalue weighted by atomic mass is 9.97. The molecule has 3 rings (SSSR count). The van der Waals surface area contributed by atoms with Crippen LogP contribution >= 0.6 is 0 Å². The Morgan fingerprint density at radius 1 is 0.786 bits per heavy atom. The number of fused-ring (bicyclic) bond motifs is 3. The zero-order valence-electron chi connectivity index (χ0n) is 24.7. The standard InChI is InChI=1S/C31H42N4O7/c1-4-7-29(37)34-21-10-12-23-24-13-11-22(19-26(24)27(25(23)18-21)20-42-31(39)32-2)35-30(38)9-5-8-28(36)33-14-17-41-16-6-15-40-3/h10-13,18-19,27H,4-9,14-17,20H2,1-3H3,(H,32,39)(H,33,36)(H,34,37)(H,35,38). The van der Waals surface area contributed by atoms with Crippen LogP contribution in [-0.2, 0) is 28.6 Å². The molecule has 0 radical (unpaired) electrons. The van der Waals surface area contributed by atoms with Crippen molar-refractivity contribution in [2.75, 3.05) is 57.8 Å². The van der Waals surface area contributed by atoms with E-state index < -0.39 is 6.09 Å². The van der Waals surface area contributed by atoms with E-state index in [0.29, 0.717) is 50.6 Å². The van der Waals surface area contributed by atoms with E-state index in [-0.39, 0.29) is 43.1 Å². The Hall–Kier alpha value is -3.96. The number of rotatable bonds is 17. The van der Waals surface area contributed by atoms with Gasteiger partial charge in [0.2, 0.25) is 17.7 Å². The molecule has 1 aliphatic rings. The summed E-state index contributed by atoms with van der Waals surface area (Å²) < 4.78 is 15.8. The van der Waals surface area contributed by atoms with Gasteiger partial charge in [-0.2, -0.15) is 0 Å². The molecule has 1 atom stereocenters. The number of amides is 4. The van der Waals surface area contributed by atoms with Gasteiger partial charge in [-0.15, -0.1) is 0 Å². The van der Waals surface area contributed by atoms with Crippen molar-refractivity contribution >= 4 is 35.2 Å². The lowest BCUT2D eigenvalue weighted by molar-refractivity contribution is -0.121. The van der Waals surface area contributed by atoms with Crippen LogP contribution in [0.4, 0.5) is 16.2 Å². The average molecular weight is 583 g/mol. The summed E-state index contributed by atoms with van der Waals surface area (Å²) in [5, 5.41) is 11.1. The van der Waals surface area contributed by atoms with E-state index in [2.05, 4.69) is 21.3 Å². The van der Waals surface area contributed by atoms with Gasteiger partial charge in [-0.25, -0.2) is 4.79 Å². The van der Waals surface area contributed by atoms with Crippen LogP contribution in [0.3, 0.4) is 0 Å². The van der Waals surface area contributed by atoms with Gasteiger partial charge in [0, 0.05) is 70.5 Å². The third-order valence-corrected chi connectivity index (χ3v) is 6.79. The minimum atomic E-state index is -0.541. The highest BCUT2D eigenvalue weighted by Gasteiger charge is 2.30. The van der Waals surface area contributed by atoms with Crippen molar-refractivity contribution in [3.05, 3.63) is 47.5 Å². The van der Waals surface area contributed by atoms with Crippen LogP contribution in [-0.4, -0.2) is 70.9 Å². The average Bonchev–Trinajstić information content (AvgIpc) is 3.27. The van der Waals surface area contributed by atoms with Gasteiger partial charge < -0.3 is 35.5 Å². The minimum Gasteiger partial charge on any atom is -0.449 e. The molecule has 228 valence electrons. The molecular weight excluding hydrogens is 540 g/mol. The molecule has 11 heteroatoms. The first kappa shape index (κ1) is 32.6. The predicted molar refractivity (Wildman–Crippen MR) is 160 cm³/mol. The molecule has 2 aromatic rings. The molecule has 2 aromatic carbocycles. The van der Waals surface area contributed by atoms with E-state index in [9.17, 15) is 19.2 Å². The highest BCUT2D eigenvalue weighted by Crippen LogP contribution is 2.46. The topological polar surface area (TPSA) is 144 Å². The fourth-order valence-electron chi connectivity index (χ4n) is 4.77. The molecule has 0 fully saturated rings. The molecule has 11 nitrogen and oxygen atoms in total. The third-order valence-electron chi connectivity index (χ3n) is 6.79. The van der Waals surface area contributed by atoms with Crippen molar-refractivity contribution in [1.29, 1.82) is 0 Å². The monoisotopic (exact) mass is 582 g/mol. The SMILES string of the molecule is CCCC(=O)Nc1ccc2c(c1)C(COC(=O)NC)c1cc(NC(=O)CCCC(=O)NCCOCCCOC)ccc1-2. The predicted octanol–water partition coefficient (Wildman–Crippen LogP) is 4.17. The Morgan fingerprint density at radius 2 is 1.40 bits per heavy atom. The fourth-order valence-corrected chi connectivity index (χ4v) is 4.77. The van der Waals surface area contributed by atoms with Crippen molar-refractivity contribution in [1.82, 2.24) is 10.6 Å². The van der Waals surface area contributed by atoms with E-state index in [1.165, 1.54) is 7.05 Å². The Morgan fingerprint density at radius 3 is 2.00 bits per heavy atom. The van der Waals surface area contributed by atoms with Crippen molar-refractivity contribution in [3.63, 3.8) is 0 Å². The first-order valence-corrected chi connectivity index (χ1v) is 14.4. The Kier molecular flexibility index (Phi) is 13.3. The van der Waals surface area contributed by atoms with E-state index in [0.717, 1.165) is 35.1 Å². The van der Waals surface area contributed by atoms with Gasteiger partial charge in [0.05, 0.1) is 6.61 Å². The summed E-state index contributed by atoms with van der Waals surface area (Å²) in [4.78, 5) is 48.7. The molecule has 0 aliphatic heterocycles. The van der Waals surface area contributed by atoms with E-state index in [4.69, 9.17) is 14.2 Å². The van der Waals surface area contributed by atoms with Crippen LogP contribution in [0.5, 0.6) is 0 Å². The molecule has 0 aromatic heterocycles.